The number of carbonyl (C=O) groups excluding carboxylic acids is 2. The fourth-order valence-electron chi connectivity index (χ4n) is 3.78. The molecule has 0 saturated heterocycles. The third-order valence-corrected chi connectivity index (χ3v) is 5.42. The second kappa shape index (κ2) is 8.73. The van der Waals surface area contributed by atoms with Crippen LogP contribution in [0.15, 0.2) is 53.3 Å². The summed E-state index contributed by atoms with van der Waals surface area (Å²) in [4.78, 5) is 34.2. The molecule has 0 radical (unpaired) electrons. The van der Waals surface area contributed by atoms with Crippen molar-refractivity contribution < 1.29 is 18.7 Å². The van der Waals surface area contributed by atoms with Crippen LogP contribution in [0.2, 0.25) is 0 Å². The number of anilines is 2. The average Bonchev–Trinajstić information content (AvgIpc) is 3.48. The number of hydrogen-bond acceptors (Lipinski definition) is 9. The van der Waals surface area contributed by atoms with Gasteiger partial charge in [-0.1, -0.05) is 24.3 Å². The Morgan fingerprint density at radius 2 is 2.00 bits per heavy atom. The molecule has 0 bridgehead atoms. The van der Waals surface area contributed by atoms with Crippen LogP contribution in [0.3, 0.4) is 0 Å². The maximum Gasteiger partial charge on any atom is 0.338 e. The van der Waals surface area contributed by atoms with Crippen LogP contribution in [0.1, 0.15) is 35.5 Å². The highest BCUT2D eigenvalue weighted by molar-refractivity contribution is 5.98. The first kappa shape index (κ1) is 22.0. The van der Waals surface area contributed by atoms with E-state index in [1.165, 1.54) is 17.1 Å². The molecule has 10 nitrogen and oxygen atoms in total. The zero-order valence-electron chi connectivity index (χ0n) is 18.5. The number of fused-ring (bicyclic) bond motifs is 1. The van der Waals surface area contributed by atoms with Crippen molar-refractivity contribution in [2.24, 2.45) is 0 Å². The van der Waals surface area contributed by atoms with E-state index in [0.717, 1.165) is 5.56 Å². The van der Waals surface area contributed by atoms with Crippen molar-refractivity contribution in [1.29, 1.82) is 0 Å². The van der Waals surface area contributed by atoms with Crippen molar-refractivity contribution >= 4 is 34.6 Å². The van der Waals surface area contributed by atoms with Crippen LogP contribution in [-0.2, 0) is 15.1 Å². The molecule has 4 aromatic rings. The molecule has 4 rings (SSSR count). The monoisotopic (exact) mass is 448 g/mol. The molecule has 0 amide bonds. The number of aryl methyl sites for hydroxylation is 1. The summed E-state index contributed by atoms with van der Waals surface area (Å²) in [5.41, 5.74) is 6.60. The number of nitrogen functional groups attached to an aromatic ring is 1. The smallest absolute Gasteiger partial charge is 0.338 e. The SMILES string of the molecule is CCOC(=O)C(C)(c1ccccc1C)n1ncc2c(NCC(=O)c3ccco3)nc(N)nc21. The number of esters is 1. The van der Waals surface area contributed by atoms with Gasteiger partial charge in [0.25, 0.3) is 0 Å². The predicted octanol–water partition coefficient (Wildman–Crippen LogP) is 2.93. The zero-order valence-corrected chi connectivity index (χ0v) is 18.5. The van der Waals surface area contributed by atoms with Gasteiger partial charge in [0.2, 0.25) is 11.7 Å². The Morgan fingerprint density at radius 1 is 1.21 bits per heavy atom. The van der Waals surface area contributed by atoms with Crippen molar-refractivity contribution in [3.8, 4) is 0 Å². The minimum absolute atomic E-state index is 0.0341. The van der Waals surface area contributed by atoms with E-state index in [2.05, 4.69) is 20.4 Å². The Morgan fingerprint density at radius 3 is 2.70 bits per heavy atom. The van der Waals surface area contributed by atoms with Crippen molar-refractivity contribution in [2.45, 2.75) is 26.3 Å². The van der Waals surface area contributed by atoms with Crippen molar-refractivity contribution in [1.82, 2.24) is 19.7 Å². The maximum atomic E-state index is 13.2. The van der Waals surface area contributed by atoms with Crippen molar-refractivity contribution in [3.63, 3.8) is 0 Å². The molecule has 0 fully saturated rings. The van der Waals surface area contributed by atoms with Crippen molar-refractivity contribution in [3.05, 3.63) is 65.7 Å². The van der Waals surface area contributed by atoms with Crippen LogP contribution in [0.5, 0.6) is 0 Å². The largest absolute Gasteiger partial charge is 0.464 e. The van der Waals surface area contributed by atoms with E-state index in [0.29, 0.717) is 22.4 Å². The van der Waals surface area contributed by atoms with Gasteiger partial charge in [-0.15, -0.1) is 0 Å². The number of benzene rings is 1. The minimum Gasteiger partial charge on any atom is -0.464 e. The summed E-state index contributed by atoms with van der Waals surface area (Å²) >= 11 is 0. The number of nitrogens with two attached hydrogens (primary N) is 1. The zero-order chi connectivity index (χ0) is 23.6. The molecule has 0 spiro atoms. The van der Waals surface area contributed by atoms with Gasteiger partial charge in [-0.3, -0.25) is 4.79 Å². The maximum absolute atomic E-state index is 13.2. The molecule has 0 aliphatic heterocycles. The number of nitrogens with one attached hydrogen (secondary N) is 1. The number of rotatable bonds is 8. The number of aromatic nitrogens is 4. The van der Waals surface area contributed by atoms with Crippen LogP contribution < -0.4 is 11.1 Å². The van der Waals surface area contributed by atoms with E-state index in [-0.39, 0.29) is 30.6 Å². The fourth-order valence-corrected chi connectivity index (χ4v) is 3.78. The summed E-state index contributed by atoms with van der Waals surface area (Å²) in [7, 11) is 0. The van der Waals surface area contributed by atoms with E-state index in [1.54, 1.807) is 26.0 Å². The Balaban J connectivity index is 1.80. The van der Waals surface area contributed by atoms with E-state index in [4.69, 9.17) is 14.9 Å². The summed E-state index contributed by atoms with van der Waals surface area (Å²) in [6.45, 7) is 5.52. The van der Waals surface area contributed by atoms with Crippen LogP contribution >= 0.6 is 0 Å². The topological polar surface area (TPSA) is 138 Å². The molecule has 0 aliphatic rings. The number of furan rings is 1. The van der Waals surface area contributed by atoms with Crippen LogP contribution in [0.25, 0.3) is 11.0 Å². The third kappa shape index (κ3) is 3.91. The molecule has 0 saturated carbocycles. The van der Waals surface area contributed by atoms with Crippen LogP contribution in [0, 0.1) is 6.92 Å². The summed E-state index contributed by atoms with van der Waals surface area (Å²) < 4.78 is 12.0. The van der Waals surface area contributed by atoms with Gasteiger partial charge in [-0.25, -0.2) is 9.48 Å². The van der Waals surface area contributed by atoms with E-state index in [1.807, 2.05) is 31.2 Å². The Hall–Kier alpha value is -4.21. The molecule has 0 aliphatic carbocycles. The number of carbonyl (C=O) groups is 2. The number of ketones is 1. The molecule has 3 aromatic heterocycles. The predicted molar refractivity (Wildman–Crippen MR) is 122 cm³/mol. The van der Waals surface area contributed by atoms with Crippen LogP contribution in [0.4, 0.5) is 11.8 Å². The molecule has 1 unspecified atom stereocenters. The van der Waals surface area contributed by atoms with Gasteiger partial charge in [0, 0.05) is 0 Å². The normalized spacial score (nSPS) is 12.9. The first-order valence-corrected chi connectivity index (χ1v) is 10.4. The fraction of sp³-hybridized carbons (Fsp3) is 0.261. The van der Waals surface area contributed by atoms with E-state index in [9.17, 15) is 9.59 Å². The highest BCUT2D eigenvalue weighted by atomic mass is 16.5. The highest BCUT2D eigenvalue weighted by Crippen LogP contribution is 2.34. The third-order valence-electron chi connectivity index (χ3n) is 5.42. The standard InChI is InChI=1S/C23H24N6O4/c1-4-32-21(31)23(3,16-9-6-5-8-14(16)2)29-20-15(12-26-29)19(27-22(24)28-20)25-13-17(30)18-10-7-11-33-18/h5-12H,4,13H2,1-3H3,(H3,24,25,27,28). The molecule has 10 heteroatoms. The van der Waals surface area contributed by atoms with Gasteiger partial charge in [0.1, 0.15) is 5.82 Å². The number of Topliss-reactive ketones (excluding diaryl/α,β-unsaturated/α-hetero) is 1. The summed E-state index contributed by atoms with van der Waals surface area (Å²) in [6, 6.07) is 10.7. The lowest BCUT2D eigenvalue weighted by Gasteiger charge is -2.30. The molecule has 1 atom stereocenters. The molecular formula is C23H24N6O4. The van der Waals surface area contributed by atoms with Gasteiger partial charge >= 0.3 is 5.97 Å². The summed E-state index contributed by atoms with van der Waals surface area (Å²) in [6.07, 6.45) is 2.96. The minimum atomic E-state index is -1.31. The molecule has 3 heterocycles. The Bertz CT molecular complexity index is 1310. The van der Waals surface area contributed by atoms with Crippen LogP contribution in [-0.4, -0.2) is 44.7 Å². The Kier molecular flexibility index (Phi) is 5.82. The average molecular weight is 448 g/mol. The first-order valence-electron chi connectivity index (χ1n) is 10.4. The molecule has 170 valence electrons. The number of hydrogen-bond donors (Lipinski definition) is 2. The van der Waals surface area contributed by atoms with E-state index < -0.39 is 11.5 Å². The summed E-state index contributed by atoms with van der Waals surface area (Å²) in [5.74, 6) is -0.225. The summed E-state index contributed by atoms with van der Waals surface area (Å²) in [5, 5.41) is 7.96. The molecular weight excluding hydrogens is 424 g/mol. The van der Waals surface area contributed by atoms with Gasteiger partial charge in [-0.2, -0.15) is 15.1 Å². The lowest BCUT2D eigenvalue weighted by atomic mass is 9.88. The van der Waals surface area contributed by atoms with Gasteiger partial charge in [0.05, 0.1) is 31.0 Å². The molecule has 3 N–H and O–H groups in total. The lowest BCUT2D eigenvalue weighted by Crippen LogP contribution is -2.43. The van der Waals surface area contributed by atoms with Gasteiger partial charge in [0.15, 0.2) is 16.9 Å². The quantitative estimate of drug-likeness (QED) is 0.308. The molecule has 33 heavy (non-hydrogen) atoms. The Labute approximate surface area is 189 Å². The van der Waals surface area contributed by atoms with Crippen molar-refractivity contribution in [2.75, 3.05) is 24.2 Å². The second-order valence-electron chi connectivity index (χ2n) is 7.59. The van der Waals surface area contributed by atoms with E-state index >= 15 is 0 Å². The highest BCUT2D eigenvalue weighted by Gasteiger charge is 2.42. The second-order valence-corrected chi connectivity index (χ2v) is 7.59. The van der Waals surface area contributed by atoms with Gasteiger partial charge in [-0.05, 0) is 44.0 Å². The molecule has 1 aromatic carbocycles. The lowest BCUT2D eigenvalue weighted by molar-refractivity contribution is -0.151. The number of nitrogens with zero attached hydrogens (tertiary/aromatic N) is 4. The van der Waals surface area contributed by atoms with Gasteiger partial charge < -0.3 is 20.2 Å². The number of ether oxygens (including phenoxy) is 1. The first-order chi connectivity index (χ1) is 15.9.